The van der Waals surface area contributed by atoms with Gasteiger partial charge in [0, 0.05) is 10.8 Å². The standard InChI is InChI=1S/C22H16O/c1-13-9-11-15-5-3-7-17-21(15)19(13)20-14(2)10-12-16-6-4-8-18(23-17)22(16)20/h3-12H,1-2H3. The molecule has 0 saturated carbocycles. The number of aryl methyl sites for hydroxylation is 2. The quantitative estimate of drug-likeness (QED) is 0.317. The largest absolute Gasteiger partial charge is 0.456 e. The predicted octanol–water partition coefficient (Wildman–Crippen LogP) is 6.51. The fraction of sp³-hybridized carbons (Fsp3) is 0.0909. The first-order valence-electron chi connectivity index (χ1n) is 7.97. The Balaban J connectivity index is 2.34. The summed E-state index contributed by atoms with van der Waals surface area (Å²) in [6, 6.07) is 21.4. The van der Waals surface area contributed by atoms with Crippen LogP contribution in [0.3, 0.4) is 0 Å². The maximum absolute atomic E-state index is 6.36. The van der Waals surface area contributed by atoms with Gasteiger partial charge in [-0.2, -0.15) is 0 Å². The van der Waals surface area contributed by atoms with E-state index in [4.69, 9.17) is 4.42 Å². The van der Waals surface area contributed by atoms with Gasteiger partial charge in [0.05, 0.1) is 0 Å². The van der Waals surface area contributed by atoms with Crippen molar-refractivity contribution in [2.45, 2.75) is 13.8 Å². The van der Waals surface area contributed by atoms with Gasteiger partial charge in [-0.25, -0.2) is 0 Å². The summed E-state index contributed by atoms with van der Waals surface area (Å²) in [5.74, 6) is 0. The van der Waals surface area contributed by atoms with Crippen LogP contribution in [0.15, 0.2) is 65.1 Å². The molecule has 1 heterocycles. The first-order chi connectivity index (χ1) is 11.2. The van der Waals surface area contributed by atoms with Gasteiger partial charge >= 0.3 is 0 Å². The van der Waals surface area contributed by atoms with Crippen molar-refractivity contribution in [3.8, 4) is 0 Å². The second-order valence-corrected chi connectivity index (χ2v) is 6.33. The van der Waals surface area contributed by atoms with Gasteiger partial charge in [-0.3, -0.25) is 0 Å². The van der Waals surface area contributed by atoms with Gasteiger partial charge in [0.15, 0.2) is 0 Å². The number of rotatable bonds is 0. The van der Waals surface area contributed by atoms with Crippen molar-refractivity contribution in [3.05, 3.63) is 71.8 Å². The van der Waals surface area contributed by atoms with Gasteiger partial charge in [0.2, 0.25) is 0 Å². The van der Waals surface area contributed by atoms with E-state index in [2.05, 4.69) is 74.5 Å². The average molecular weight is 296 g/mol. The lowest BCUT2D eigenvalue weighted by Crippen LogP contribution is -1.84. The summed E-state index contributed by atoms with van der Waals surface area (Å²) in [4.78, 5) is 0. The lowest BCUT2D eigenvalue weighted by Gasteiger charge is -2.08. The molecule has 1 heteroatoms. The zero-order valence-electron chi connectivity index (χ0n) is 13.2. The van der Waals surface area contributed by atoms with Gasteiger partial charge in [-0.15, -0.1) is 0 Å². The molecular formula is C22H16O. The van der Waals surface area contributed by atoms with Gasteiger partial charge < -0.3 is 4.42 Å². The molecule has 0 aliphatic rings. The van der Waals surface area contributed by atoms with E-state index in [0.29, 0.717) is 0 Å². The number of hydrogen-bond donors (Lipinski definition) is 0. The molecule has 0 N–H and O–H groups in total. The minimum atomic E-state index is 0.948. The van der Waals surface area contributed by atoms with Crippen LogP contribution in [0.2, 0.25) is 0 Å². The predicted molar refractivity (Wildman–Crippen MR) is 98.2 cm³/mol. The molecule has 0 fully saturated rings. The smallest absolute Gasteiger partial charge is 0.135 e. The van der Waals surface area contributed by atoms with Crippen LogP contribution < -0.4 is 0 Å². The zero-order chi connectivity index (χ0) is 15.6. The van der Waals surface area contributed by atoms with Crippen LogP contribution in [0.4, 0.5) is 0 Å². The van der Waals surface area contributed by atoms with E-state index in [9.17, 15) is 0 Å². The molecule has 0 amide bonds. The summed E-state index contributed by atoms with van der Waals surface area (Å²) in [6.07, 6.45) is 0. The molecule has 0 saturated heterocycles. The molecule has 110 valence electrons. The van der Waals surface area contributed by atoms with Crippen LogP contribution in [-0.4, -0.2) is 0 Å². The van der Waals surface area contributed by atoms with Crippen LogP contribution >= 0.6 is 0 Å². The van der Waals surface area contributed by atoms with Crippen LogP contribution in [0.1, 0.15) is 11.1 Å². The number of benzene rings is 4. The van der Waals surface area contributed by atoms with E-state index >= 15 is 0 Å². The summed E-state index contributed by atoms with van der Waals surface area (Å²) in [6.45, 7) is 4.38. The second kappa shape index (κ2) is 4.36. The van der Waals surface area contributed by atoms with E-state index in [1.54, 1.807) is 0 Å². The Kier molecular flexibility index (Phi) is 2.41. The average Bonchev–Trinajstić information content (AvgIpc) is 2.71. The van der Waals surface area contributed by atoms with Gasteiger partial charge in [0.25, 0.3) is 0 Å². The summed E-state index contributed by atoms with van der Waals surface area (Å²) in [7, 11) is 0. The van der Waals surface area contributed by atoms with Crippen LogP contribution in [0.25, 0.3) is 43.5 Å². The molecule has 0 radical (unpaired) electrons. The van der Waals surface area contributed by atoms with Crippen molar-refractivity contribution >= 4 is 43.5 Å². The SMILES string of the molecule is Cc1ccc2cccc3oc4cccc5ccc(C)c(c1c23)c54. The molecule has 1 nitrogen and oxygen atoms in total. The Bertz CT molecular complexity index is 1130. The third-order valence-electron chi connectivity index (χ3n) is 4.90. The first kappa shape index (κ1) is 12.7. The van der Waals surface area contributed by atoms with E-state index in [0.717, 1.165) is 11.2 Å². The summed E-state index contributed by atoms with van der Waals surface area (Å²) in [5.41, 5.74) is 4.48. The minimum absolute atomic E-state index is 0.948. The third-order valence-corrected chi connectivity index (χ3v) is 4.90. The van der Waals surface area contributed by atoms with Gasteiger partial charge in [-0.05, 0) is 58.7 Å². The Morgan fingerprint density at radius 2 is 1.00 bits per heavy atom. The van der Waals surface area contributed by atoms with Crippen molar-refractivity contribution in [2.75, 3.05) is 0 Å². The van der Waals surface area contributed by atoms with Crippen LogP contribution in [-0.2, 0) is 0 Å². The molecule has 0 bridgehead atoms. The molecular weight excluding hydrogens is 280 g/mol. The Morgan fingerprint density at radius 1 is 0.522 bits per heavy atom. The highest BCUT2D eigenvalue weighted by molar-refractivity contribution is 6.24. The minimum Gasteiger partial charge on any atom is -0.456 e. The summed E-state index contributed by atoms with van der Waals surface area (Å²) < 4.78 is 6.36. The normalized spacial score (nSPS) is 11.9. The second-order valence-electron chi connectivity index (χ2n) is 6.33. The van der Waals surface area contributed by atoms with E-state index < -0.39 is 0 Å². The Hall–Kier alpha value is -2.80. The number of fused-ring (bicyclic) bond motifs is 1. The maximum Gasteiger partial charge on any atom is 0.135 e. The molecule has 0 unspecified atom stereocenters. The molecule has 0 atom stereocenters. The van der Waals surface area contributed by atoms with Crippen molar-refractivity contribution < 1.29 is 4.42 Å². The van der Waals surface area contributed by atoms with Crippen molar-refractivity contribution in [1.29, 1.82) is 0 Å². The van der Waals surface area contributed by atoms with Gasteiger partial charge in [-0.1, -0.05) is 48.5 Å². The fourth-order valence-electron chi connectivity index (χ4n) is 3.83. The van der Waals surface area contributed by atoms with Crippen molar-refractivity contribution in [2.24, 2.45) is 0 Å². The Labute approximate surface area is 134 Å². The first-order valence-corrected chi connectivity index (χ1v) is 7.97. The molecule has 0 aliphatic heterocycles. The lowest BCUT2D eigenvalue weighted by atomic mass is 9.94. The molecule has 0 aliphatic carbocycles. The third kappa shape index (κ3) is 1.62. The van der Waals surface area contributed by atoms with Crippen molar-refractivity contribution in [3.63, 3.8) is 0 Å². The molecule has 5 rings (SSSR count). The maximum atomic E-state index is 6.36. The summed E-state index contributed by atoms with van der Waals surface area (Å²) in [5, 5.41) is 7.52. The molecule has 0 spiro atoms. The van der Waals surface area contributed by atoms with Crippen molar-refractivity contribution in [1.82, 2.24) is 0 Å². The zero-order valence-corrected chi connectivity index (χ0v) is 13.2. The van der Waals surface area contributed by atoms with E-state index in [-0.39, 0.29) is 0 Å². The Morgan fingerprint density at radius 3 is 1.48 bits per heavy atom. The molecule has 4 aromatic carbocycles. The molecule has 23 heavy (non-hydrogen) atoms. The summed E-state index contributed by atoms with van der Waals surface area (Å²) >= 11 is 0. The highest BCUT2D eigenvalue weighted by Gasteiger charge is 2.13. The number of hydrogen-bond acceptors (Lipinski definition) is 1. The topological polar surface area (TPSA) is 13.1 Å². The fourth-order valence-corrected chi connectivity index (χ4v) is 3.83. The van der Waals surface area contributed by atoms with E-state index in [1.807, 2.05) is 0 Å². The molecule has 5 aromatic rings. The molecule has 1 aromatic heterocycles. The lowest BCUT2D eigenvalue weighted by molar-refractivity contribution is 0.664. The van der Waals surface area contributed by atoms with Gasteiger partial charge in [0.1, 0.15) is 11.2 Å². The highest BCUT2D eigenvalue weighted by atomic mass is 16.3. The van der Waals surface area contributed by atoms with Crippen LogP contribution in [0.5, 0.6) is 0 Å². The van der Waals surface area contributed by atoms with E-state index in [1.165, 1.54) is 43.4 Å². The van der Waals surface area contributed by atoms with Crippen LogP contribution in [0, 0.1) is 13.8 Å². The highest BCUT2D eigenvalue weighted by Crippen LogP contribution is 2.39. The monoisotopic (exact) mass is 296 g/mol.